The zero-order valence-corrected chi connectivity index (χ0v) is 47.5. The van der Waals surface area contributed by atoms with E-state index in [1.54, 1.807) is 0 Å². The zero-order valence-electron chi connectivity index (χ0n) is 46.6. The van der Waals surface area contributed by atoms with Gasteiger partial charge in [0.2, 0.25) is 5.91 Å². The number of nitrogens with one attached hydrogen (secondary N) is 1. The molecule has 0 radical (unpaired) electrons. The fraction of sp³-hybridized carbons (Fsp3) is 0.983. The minimum absolute atomic E-state index is 0.0168. The highest BCUT2D eigenvalue weighted by Gasteiger charge is 2.24. The number of phosphoric ester groups is 1. The van der Waals surface area contributed by atoms with E-state index in [1.807, 2.05) is 21.1 Å². The van der Waals surface area contributed by atoms with E-state index in [-0.39, 0.29) is 19.1 Å². The molecule has 0 aromatic rings. The van der Waals surface area contributed by atoms with Crippen molar-refractivity contribution < 1.29 is 32.9 Å². The van der Waals surface area contributed by atoms with Crippen molar-refractivity contribution in [3.8, 4) is 0 Å². The van der Waals surface area contributed by atoms with Gasteiger partial charge in [0.05, 0.1) is 39.9 Å². The smallest absolute Gasteiger partial charge is 0.268 e. The maximum absolute atomic E-state index is 13.0. The lowest BCUT2D eigenvalue weighted by molar-refractivity contribution is -0.870. The number of phosphoric acid groups is 1. The van der Waals surface area contributed by atoms with Crippen LogP contribution in [-0.4, -0.2) is 68.5 Å². The minimum Gasteiger partial charge on any atom is -0.756 e. The summed E-state index contributed by atoms with van der Waals surface area (Å²) in [6, 6.07) is -0.795. The van der Waals surface area contributed by atoms with Gasteiger partial charge in [0.15, 0.2) is 0 Å². The largest absolute Gasteiger partial charge is 0.756 e. The van der Waals surface area contributed by atoms with Crippen LogP contribution in [0.2, 0.25) is 0 Å². The molecule has 0 aliphatic carbocycles. The van der Waals surface area contributed by atoms with Crippen LogP contribution in [0.5, 0.6) is 0 Å². The van der Waals surface area contributed by atoms with Crippen LogP contribution in [0.25, 0.3) is 0 Å². The Morgan fingerprint density at radius 3 is 1.00 bits per heavy atom. The number of aliphatic hydroxyl groups is 1. The van der Waals surface area contributed by atoms with Gasteiger partial charge >= 0.3 is 0 Å². The minimum atomic E-state index is -4.57. The number of likely N-dealkylation sites (N-methyl/N-ethyl adjacent to an activating group) is 1. The average Bonchev–Trinajstić information content (AvgIpc) is 3.30. The molecule has 0 aliphatic rings. The topological polar surface area (TPSA) is 108 Å². The number of unbranched alkanes of at least 4 members (excludes halogenated alkanes) is 44. The Hall–Kier alpha value is -0.500. The van der Waals surface area contributed by atoms with Gasteiger partial charge in [-0.3, -0.25) is 9.36 Å². The van der Waals surface area contributed by atoms with Gasteiger partial charge in [-0.1, -0.05) is 303 Å². The summed E-state index contributed by atoms with van der Waals surface area (Å²) >= 11 is 0. The Morgan fingerprint density at radius 1 is 0.456 bits per heavy atom. The summed E-state index contributed by atoms with van der Waals surface area (Å²) in [5.74, 6) is -0.156. The van der Waals surface area contributed by atoms with Gasteiger partial charge in [0.1, 0.15) is 13.2 Å². The lowest BCUT2D eigenvalue weighted by Gasteiger charge is -2.30. The van der Waals surface area contributed by atoms with Crippen molar-refractivity contribution in [3.05, 3.63) is 0 Å². The summed E-state index contributed by atoms with van der Waals surface area (Å²) < 4.78 is 23.5. The first-order valence-electron chi connectivity index (χ1n) is 30.4. The highest BCUT2D eigenvalue weighted by molar-refractivity contribution is 7.45. The van der Waals surface area contributed by atoms with E-state index in [2.05, 4.69) is 19.2 Å². The first-order valence-corrected chi connectivity index (χ1v) is 31.8. The van der Waals surface area contributed by atoms with Crippen LogP contribution < -0.4 is 10.2 Å². The van der Waals surface area contributed by atoms with Gasteiger partial charge in [0, 0.05) is 6.42 Å². The normalized spacial score (nSPS) is 13.8. The first-order chi connectivity index (χ1) is 33.0. The maximum Gasteiger partial charge on any atom is 0.268 e. The third kappa shape index (κ3) is 53.3. The standard InChI is InChI=1S/C59H121N2O6P/c1-6-8-10-12-14-16-18-20-22-24-26-28-29-30-31-32-33-34-36-38-40-42-44-46-48-50-52-58(62)57(56-67-68(64,65)66-55-54-61(3,4)5)60-59(63)53-51-49-47-45-43-41-39-37-35-27-25-23-21-19-17-15-13-11-9-7-2/h57-58,62H,6-56H2,1-5H3,(H-,60,63,64,65). The molecule has 3 atom stereocenters. The van der Waals surface area contributed by atoms with Gasteiger partial charge in [-0.25, -0.2) is 0 Å². The summed E-state index contributed by atoms with van der Waals surface area (Å²) in [5.41, 5.74) is 0. The number of hydrogen-bond donors (Lipinski definition) is 2. The lowest BCUT2D eigenvalue weighted by Crippen LogP contribution is -2.46. The zero-order chi connectivity index (χ0) is 49.9. The van der Waals surface area contributed by atoms with Crippen LogP contribution >= 0.6 is 7.82 Å². The number of carbonyl (C=O) groups is 1. The Kier molecular flexibility index (Phi) is 51.0. The van der Waals surface area contributed by atoms with Crippen molar-refractivity contribution >= 4 is 13.7 Å². The van der Waals surface area contributed by atoms with Gasteiger partial charge in [-0.05, 0) is 12.8 Å². The van der Waals surface area contributed by atoms with Gasteiger partial charge in [-0.15, -0.1) is 0 Å². The highest BCUT2D eigenvalue weighted by Crippen LogP contribution is 2.38. The molecule has 3 unspecified atom stereocenters. The molecule has 0 saturated heterocycles. The van der Waals surface area contributed by atoms with Crippen LogP contribution in [0, 0.1) is 0 Å². The second-order valence-electron chi connectivity index (χ2n) is 22.4. The molecule has 9 heteroatoms. The number of amides is 1. The predicted octanol–water partition coefficient (Wildman–Crippen LogP) is 17.8. The van der Waals surface area contributed by atoms with Gasteiger partial charge < -0.3 is 28.8 Å². The molecule has 0 aromatic heterocycles. The number of carbonyl (C=O) groups excluding carboxylic acids is 1. The summed E-state index contributed by atoms with van der Waals surface area (Å²) in [6.45, 7) is 4.79. The molecule has 0 heterocycles. The van der Waals surface area contributed by atoms with E-state index in [9.17, 15) is 19.4 Å². The molecule has 0 rings (SSSR count). The van der Waals surface area contributed by atoms with E-state index in [0.717, 1.165) is 38.5 Å². The second-order valence-corrected chi connectivity index (χ2v) is 23.8. The third-order valence-corrected chi connectivity index (χ3v) is 15.3. The Balaban J connectivity index is 4.08. The summed E-state index contributed by atoms with van der Waals surface area (Å²) in [4.78, 5) is 25.6. The predicted molar refractivity (Wildman–Crippen MR) is 293 cm³/mol. The molecule has 0 aliphatic heterocycles. The Bertz CT molecular complexity index is 1070. The average molecular weight is 986 g/mol. The monoisotopic (exact) mass is 985 g/mol. The van der Waals surface area contributed by atoms with E-state index >= 15 is 0 Å². The van der Waals surface area contributed by atoms with Crippen molar-refractivity contribution in [2.75, 3.05) is 40.9 Å². The molecule has 68 heavy (non-hydrogen) atoms. The summed E-state index contributed by atoms with van der Waals surface area (Å²) in [6.07, 6.45) is 61.4. The molecule has 0 fully saturated rings. The SMILES string of the molecule is CCCCCCCCCCCCCCCCCCCCCCCCCCCCC(O)C(COP(=O)([O-])OCC[N+](C)(C)C)NC(=O)CCCCCCCCCCCCCCCCCCCCCC. The number of nitrogens with zero attached hydrogens (tertiary/aromatic N) is 1. The van der Waals surface area contributed by atoms with Crippen molar-refractivity contribution in [2.24, 2.45) is 0 Å². The summed E-state index contributed by atoms with van der Waals surface area (Å²) in [5, 5.41) is 14.1. The Labute approximate surface area is 425 Å². The van der Waals surface area contributed by atoms with Gasteiger partial charge in [0.25, 0.3) is 7.82 Å². The molecular formula is C59H121N2O6P. The second kappa shape index (κ2) is 51.4. The first kappa shape index (κ1) is 67.5. The van der Waals surface area contributed by atoms with E-state index in [4.69, 9.17) is 9.05 Å². The van der Waals surface area contributed by atoms with E-state index < -0.39 is 20.0 Å². The number of quaternary nitrogens is 1. The van der Waals surface area contributed by atoms with Crippen molar-refractivity contribution in [2.45, 2.75) is 334 Å². The molecule has 1 amide bonds. The fourth-order valence-corrected chi connectivity index (χ4v) is 10.3. The van der Waals surface area contributed by atoms with Crippen LogP contribution in [0.3, 0.4) is 0 Å². The van der Waals surface area contributed by atoms with Gasteiger partial charge in [-0.2, -0.15) is 0 Å². The third-order valence-electron chi connectivity index (χ3n) is 14.3. The quantitative estimate of drug-likeness (QED) is 0.0357. The molecular weight excluding hydrogens is 864 g/mol. The van der Waals surface area contributed by atoms with Crippen molar-refractivity contribution in [3.63, 3.8) is 0 Å². The highest BCUT2D eigenvalue weighted by atomic mass is 31.2. The fourth-order valence-electron chi connectivity index (χ4n) is 9.57. The molecule has 0 bridgehead atoms. The molecule has 2 N–H and O–H groups in total. The number of rotatable bonds is 57. The van der Waals surface area contributed by atoms with E-state index in [1.165, 1.54) is 257 Å². The van der Waals surface area contributed by atoms with Crippen LogP contribution in [0.1, 0.15) is 322 Å². The molecule has 408 valence electrons. The maximum atomic E-state index is 13.0. The molecule has 0 saturated carbocycles. The van der Waals surface area contributed by atoms with Crippen molar-refractivity contribution in [1.82, 2.24) is 5.32 Å². The van der Waals surface area contributed by atoms with Crippen molar-refractivity contribution in [1.29, 1.82) is 0 Å². The lowest BCUT2D eigenvalue weighted by atomic mass is 10.0. The van der Waals surface area contributed by atoms with E-state index in [0.29, 0.717) is 23.9 Å². The summed E-state index contributed by atoms with van der Waals surface area (Å²) in [7, 11) is 1.33. The molecule has 0 aromatic carbocycles. The number of aliphatic hydroxyl groups excluding tert-OH is 1. The number of hydrogen-bond acceptors (Lipinski definition) is 6. The molecule has 0 spiro atoms. The molecule has 8 nitrogen and oxygen atoms in total. The van der Waals surface area contributed by atoms with Crippen LogP contribution in [0.4, 0.5) is 0 Å². The van der Waals surface area contributed by atoms with Crippen LogP contribution in [-0.2, 0) is 18.4 Å². The van der Waals surface area contributed by atoms with Crippen LogP contribution in [0.15, 0.2) is 0 Å². The Morgan fingerprint density at radius 2 is 0.721 bits per heavy atom.